The first-order valence-corrected chi connectivity index (χ1v) is 3.28. The van der Waals surface area contributed by atoms with Gasteiger partial charge in [-0.15, -0.1) is 0 Å². The average molecular weight is 169 g/mol. The third-order valence-corrected chi connectivity index (χ3v) is 1.26. The summed E-state index contributed by atoms with van der Waals surface area (Å²) in [6.07, 6.45) is 3.39. The predicted octanol–water partition coefficient (Wildman–Crippen LogP) is 0.368. The van der Waals surface area contributed by atoms with Gasteiger partial charge in [0.05, 0.1) is 12.4 Å². The molecular weight excluding hydrogens is 161 g/mol. The summed E-state index contributed by atoms with van der Waals surface area (Å²) >= 11 is 0. The predicted molar refractivity (Wildman–Crippen MR) is 41.3 cm³/mol. The zero-order chi connectivity index (χ0) is 9.14. The number of allylic oxidation sites excluding steroid dienone is 1. The molecule has 0 unspecified atom stereocenters. The molecule has 1 rings (SSSR count). The summed E-state index contributed by atoms with van der Waals surface area (Å²) in [4.78, 5) is 10.4. The lowest BCUT2D eigenvalue weighted by molar-refractivity contribution is -0.113. The van der Waals surface area contributed by atoms with Crippen LogP contribution < -0.4 is 5.73 Å². The maximum absolute atomic E-state index is 12.4. The van der Waals surface area contributed by atoms with Crippen molar-refractivity contribution in [3.63, 3.8) is 0 Å². The van der Waals surface area contributed by atoms with Crippen LogP contribution in [0.3, 0.4) is 0 Å². The highest BCUT2D eigenvalue weighted by molar-refractivity contribution is 5.90. The molecule has 1 heterocycles. The summed E-state index contributed by atoms with van der Waals surface area (Å²) in [5, 5.41) is 3.63. The van der Waals surface area contributed by atoms with Gasteiger partial charge < -0.3 is 5.73 Å². The van der Waals surface area contributed by atoms with Crippen LogP contribution in [0.5, 0.6) is 0 Å². The maximum Gasteiger partial charge on any atom is 0.243 e. The van der Waals surface area contributed by atoms with Crippen LogP contribution in [-0.4, -0.2) is 15.7 Å². The second-order valence-corrected chi connectivity index (χ2v) is 2.29. The molecule has 0 radical (unpaired) electrons. The Balaban J connectivity index is 2.91. The van der Waals surface area contributed by atoms with Crippen molar-refractivity contribution in [2.75, 3.05) is 0 Å². The van der Waals surface area contributed by atoms with E-state index in [0.717, 1.165) is 12.4 Å². The number of nitrogens with zero attached hydrogens (tertiary/aromatic N) is 2. The Labute approximate surface area is 68.5 Å². The Morgan fingerprint density at radius 1 is 1.83 bits per heavy atom. The molecule has 0 saturated heterocycles. The molecule has 64 valence electrons. The van der Waals surface area contributed by atoms with Crippen LogP contribution in [0, 0.1) is 5.82 Å². The Morgan fingerprint density at radius 3 is 2.92 bits per heavy atom. The monoisotopic (exact) mass is 169 g/mol. The van der Waals surface area contributed by atoms with Crippen molar-refractivity contribution in [1.29, 1.82) is 0 Å². The van der Waals surface area contributed by atoms with Crippen LogP contribution in [0.1, 0.15) is 6.92 Å². The smallest absolute Gasteiger partial charge is 0.243 e. The van der Waals surface area contributed by atoms with Crippen molar-refractivity contribution in [3.05, 3.63) is 24.3 Å². The standard InChI is InChI=1S/C7H8FN3O/c1-5(2-7(9)12)11-4-6(8)3-10-11/h2-4H,1H3,(H2,9,12)/b5-2-. The molecule has 0 bridgehead atoms. The molecule has 0 atom stereocenters. The highest BCUT2D eigenvalue weighted by atomic mass is 19.1. The quantitative estimate of drug-likeness (QED) is 0.650. The summed E-state index contributed by atoms with van der Waals surface area (Å²) in [5.74, 6) is -1.03. The zero-order valence-corrected chi connectivity index (χ0v) is 6.49. The molecule has 12 heavy (non-hydrogen) atoms. The molecule has 0 spiro atoms. The first-order valence-electron chi connectivity index (χ1n) is 3.28. The van der Waals surface area contributed by atoms with Crippen LogP contribution in [0.2, 0.25) is 0 Å². The minimum Gasteiger partial charge on any atom is -0.366 e. The molecule has 1 aromatic heterocycles. The number of rotatable bonds is 2. The van der Waals surface area contributed by atoms with Crippen molar-refractivity contribution in [1.82, 2.24) is 9.78 Å². The average Bonchev–Trinajstić information content (AvgIpc) is 2.34. The lowest BCUT2D eigenvalue weighted by Gasteiger charge is -1.97. The van der Waals surface area contributed by atoms with Gasteiger partial charge in [-0.3, -0.25) is 4.79 Å². The summed E-state index contributed by atoms with van der Waals surface area (Å²) < 4.78 is 13.6. The van der Waals surface area contributed by atoms with E-state index < -0.39 is 11.7 Å². The number of carbonyl (C=O) groups is 1. The van der Waals surface area contributed by atoms with Gasteiger partial charge in [0.2, 0.25) is 5.91 Å². The molecule has 0 fully saturated rings. The van der Waals surface area contributed by atoms with Crippen LogP contribution >= 0.6 is 0 Å². The highest BCUT2D eigenvalue weighted by Crippen LogP contribution is 2.02. The molecule has 1 aromatic rings. The Morgan fingerprint density at radius 2 is 2.50 bits per heavy atom. The number of hydrogen-bond donors (Lipinski definition) is 1. The van der Waals surface area contributed by atoms with E-state index in [4.69, 9.17) is 5.73 Å². The van der Waals surface area contributed by atoms with Crippen molar-refractivity contribution in [2.24, 2.45) is 5.73 Å². The van der Waals surface area contributed by atoms with Gasteiger partial charge in [-0.2, -0.15) is 5.10 Å². The van der Waals surface area contributed by atoms with Crippen LogP contribution in [0.4, 0.5) is 4.39 Å². The Kier molecular flexibility index (Phi) is 2.23. The van der Waals surface area contributed by atoms with E-state index in [1.54, 1.807) is 6.92 Å². The number of nitrogens with two attached hydrogens (primary N) is 1. The van der Waals surface area contributed by atoms with Crippen molar-refractivity contribution in [3.8, 4) is 0 Å². The van der Waals surface area contributed by atoms with E-state index >= 15 is 0 Å². The topological polar surface area (TPSA) is 60.9 Å². The molecule has 0 saturated carbocycles. The number of hydrogen-bond acceptors (Lipinski definition) is 2. The summed E-state index contributed by atoms with van der Waals surface area (Å²) in [5.41, 5.74) is 5.37. The van der Waals surface area contributed by atoms with Gasteiger partial charge in [0.25, 0.3) is 0 Å². The van der Waals surface area contributed by atoms with Gasteiger partial charge in [-0.25, -0.2) is 9.07 Å². The van der Waals surface area contributed by atoms with Crippen molar-refractivity contribution < 1.29 is 9.18 Å². The van der Waals surface area contributed by atoms with E-state index in [1.165, 1.54) is 10.8 Å². The van der Waals surface area contributed by atoms with E-state index in [-0.39, 0.29) is 0 Å². The van der Waals surface area contributed by atoms with E-state index in [2.05, 4.69) is 5.10 Å². The molecular formula is C7H8FN3O. The fourth-order valence-corrected chi connectivity index (χ4v) is 0.766. The minimum atomic E-state index is -0.580. The first-order chi connectivity index (χ1) is 5.59. The van der Waals surface area contributed by atoms with Crippen molar-refractivity contribution in [2.45, 2.75) is 6.92 Å². The van der Waals surface area contributed by atoms with Crippen LogP contribution in [0.25, 0.3) is 5.70 Å². The Bertz CT molecular complexity index is 329. The fraction of sp³-hybridized carbons (Fsp3) is 0.143. The highest BCUT2D eigenvalue weighted by Gasteiger charge is 1.98. The van der Waals surface area contributed by atoms with E-state index in [0.29, 0.717) is 5.70 Å². The SMILES string of the molecule is C/C(=C/C(N)=O)n1cc(F)cn1. The molecule has 5 heteroatoms. The second-order valence-electron chi connectivity index (χ2n) is 2.29. The van der Waals surface area contributed by atoms with Gasteiger partial charge >= 0.3 is 0 Å². The largest absolute Gasteiger partial charge is 0.366 e. The summed E-state index contributed by atoms with van der Waals surface area (Å²) in [7, 11) is 0. The zero-order valence-electron chi connectivity index (χ0n) is 6.49. The van der Waals surface area contributed by atoms with Gasteiger partial charge in [0, 0.05) is 11.8 Å². The number of carbonyl (C=O) groups excluding carboxylic acids is 1. The lowest BCUT2D eigenvalue weighted by Crippen LogP contribution is -2.08. The van der Waals surface area contributed by atoms with Crippen LogP contribution in [0.15, 0.2) is 18.5 Å². The van der Waals surface area contributed by atoms with Crippen molar-refractivity contribution >= 4 is 11.6 Å². The molecule has 0 aliphatic rings. The minimum absolute atomic E-state index is 0.452. The third-order valence-electron chi connectivity index (χ3n) is 1.26. The van der Waals surface area contributed by atoms with E-state index in [9.17, 15) is 9.18 Å². The van der Waals surface area contributed by atoms with Crippen LogP contribution in [-0.2, 0) is 4.79 Å². The third kappa shape index (κ3) is 1.91. The summed E-state index contributed by atoms with van der Waals surface area (Å²) in [6, 6.07) is 0. The van der Waals surface area contributed by atoms with Gasteiger partial charge in [-0.1, -0.05) is 0 Å². The number of primary amides is 1. The number of halogens is 1. The molecule has 2 N–H and O–H groups in total. The fourth-order valence-electron chi connectivity index (χ4n) is 0.766. The lowest BCUT2D eigenvalue weighted by atomic mass is 10.4. The van der Waals surface area contributed by atoms with E-state index in [1.807, 2.05) is 0 Å². The second kappa shape index (κ2) is 3.17. The van der Waals surface area contributed by atoms with Gasteiger partial charge in [-0.05, 0) is 6.92 Å². The molecule has 4 nitrogen and oxygen atoms in total. The number of amides is 1. The molecule has 1 amide bonds. The molecule has 0 aliphatic carbocycles. The Hall–Kier alpha value is -1.65. The van der Waals surface area contributed by atoms with Gasteiger partial charge in [0.1, 0.15) is 0 Å². The maximum atomic E-state index is 12.4. The molecule has 0 aliphatic heterocycles. The molecule has 0 aromatic carbocycles. The summed E-state index contributed by atoms with van der Waals surface area (Å²) in [6.45, 7) is 1.61. The van der Waals surface area contributed by atoms with Gasteiger partial charge in [0.15, 0.2) is 5.82 Å². The number of aromatic nitrogens is 2. The first kappa shape index (κ1) is 8.45. The normalized spacial score (nSPS) is 11.7.